The lowest BCUT2D eigenvalue weighted by molar-refractivity contribution is 0.324. The summed E-state index contributed by atoms with van der Waals surface area (Å²) < 4.78 is 23.1. The molecule has 30 heavy (non-hydrogen) atoms. The van der Waals surface area contributed by atoms with Gasteiger partial charge in [0.2, 0.25) is 10.7 Å². The molecule has 0 spiro atoms. The van der Waals surface area contributed by atoms with Crippen LogP contribution in [0, 0.1) is 0 Å². The number of hydrogen-bond donors (Lipinski definition) is 0. The van der Waals surface area contributed by atoms with E-state index in [0.717, 1.165) is 16.9 Å². The second-order valence-electron chi connectivity index (χ2n) is 6.23. The van der Waals surface area contributed by atoms with Crippen molar-refractivity contribution in [2.75, 3.05) is 28.4 Å². The Bertz CT molecular complexity index is 1290. The van der Waals surface area contributed by atoms with E-state index >= 15 is 0 Å². The summed E-state index contributed by atoms with van der Waals surface area (Å²) in [6.07, 6.45) is 1.75. The molecule has 0 unspecified atom stereocenters. The summed E-state index contributed by atoms with van der Waals surface area (Å²) in [4.78, 5) is 17.9. The Hall–Kier alpha value is -3.59. The summed E-state index contributed by atoms with van der Waals surface area (Å²) in [5.74, 6) is 2.74. The van der Waals surface area contributed by atoms with Crippen molar-refractivity contribution >= 4 is 22.4 Å². The average Bonchev–Trinajstić information content (AvgIpc) is 3.32. The van der Waals surface area contributed by atoms with Crippen molar-refractivity contribution in [2.45, 2.75) is 0 Å². The van der Waals surface area contributed by atoms with Gasteiger partial charge in [-0.15, -0.1) is 5.10 Å². The number of benzene rings is 2. The Balaban J connectivity index is 1.77. The van der Waals surface area contributed by atoms with Crippen LogP contribution in [-0.2, 0) is 0 Å². The standard InChI is InChI=1S/C21H19N3O5S/c1-26-14-7-5-13(6-8-14)19-22-21-24(23-19)20(25)17(30-21)11-12-9-15(27-2)18(29-4)16(10-12)28-3/h5-11H,1-4H3/b17-11+. The number of nitrogens with zero attached hydrogens (tertiary/aromatic N) is 3. The molecule has 0 aliphatic carbocycles. The van der Waals surface area contributed by atoms with Crippen LogP contribution in [-0.4, -0.2) is 43.0 Å². The molecule has 0 saturated carbocycles. The Morgan fingerprint density at radius 1 is 0.933 bits per heavy atom. The largest absolute Gasteiger partial charge is 0.497 e. The molecular weight excluding hydrogens is 406 g/mol. The molecule has 4 aromatic rings. The van der Waals surface area contributed by atoms with E-state index < -0.39 is 0 Å². The Morgan fingerprint density at radius 3 is 2.13 bits per heavy atom. The van der Waals surface area contributed by atoms with Crippen LogP contribution in [0.2, 0.25) is 0 Å². The molecule has 0 atom stereocenters. The fourth-order valence-electron chi connectivity index (χ4n) is 3.03. The van der Waals surface area contributed by atoms with Gasteiger partial charge in [0.05, 0.1) is 33.0 Å². The fourth-order valence-corrected chi connectivity index (χ4v) is 3.94. The first-order chi connectivity index (χ1) is 14.6. The normalized spacial score (nSPS) is 11.7. The van der Waals surface area contributed by atoms with E-state index in [0.29, 0.717) is 32.6 Å². The highest BCUT2D eigenvalue weighted by Crippen LogP contribution is 2.38. The minimum atomic E-state index is -0.240. The monoisotopic (exact) mass is 425 g/mol. The smallest absolute Gasteiger partial charge is 0.291 e. The molecule has 0 fully saturated rings. The highest BCUT2D eigenvalue weighted by atomic mass is 32.1. The van der Waals surface area contributed by atoms with Gasteiger partial charge in [-0.2, -0.15) is 9.50 Å². The molecule has 0 amide bonds. The van der Waals surface area contributed by atoms with Crippen LogP contribution < -0.4 is 29.0 Å². The highest BCUT2D eigenvalue weighted by Gasteiger charge is 2.15. The summed E-state index contributed by atoms with van der Waals surface area (Å²) in [7, 11) is 6.24. The van der Waals surface area contributed by atoms with E-state index in [-0.39, 0.29) is 5.56 Å². The number of ether oxygens (including phenoxy) is 4. The van der Waals surface area contributed by atoms with Crippen LogP contribution in [0.5, 0.6) is 23.0 Å². The van der Waals surface area contributed by atoms with Crippen molar-refractivity contribution in [1.29, 1.82) is 0 Å². The number of aromatic nitrogens is 3. The number of thiazole rings is 1. The summed E-state index contributed by atoms with van der Waals surface area (Å²) >= 11 is 1.26. The highest BCUT2D eigenvalue weighted by molar-refractivity contribution is 7.15. The van der Waals surface area contributed by atoms with E-state index in [4.69, 9.17) is 18.9 Å². The first-order valence-electron chi connectivity index (χ1n) is 8.93. The van der Waals surface area contributed by atoms with E-state index in [1.165, 1.54) is 15.9 Å². The molecule has 2 aromatic carbocycles. The maximum atomic E-state index is 12.8. The molecule has 2 heterocycles. The van der Waals surface area contributed by atoms with Gasteiger partial charge in [0.1, 0.15) is 5.75 Å². The van der Waals surface area contributed by atoms with Gasteiger partial charge in [-0.3, -0.25) is 4.79 Å². The van der Waals surface area contributed by atoms with Crippen molar-refractivity contribution in [3.05, 3.63) is 56.8 Å². The van der Waals surface area contributed by atoms with Gasteiger partial charge in [-0.05, 0) is 48.0 Å². The van der Waals surface area contributed by atoms with Gasteiger partial charge in [-0.25, -0.2) is 0 Å². The summed E-state index contributed by atoms with van der Waals surface area (Å²) in [5, 5.41) is 4.37. The second-order valence-corrected chi connectivity index (χ2v) is 7.24. The van der Waals surface area contributed by atoms with Crippen molar-refractivity contribution in [2.24, 2.45) is 0 Å². The predicted molar refractivity (Wildman–Crippen MR) is 114 cm³/mol. The fraction of sp³-hybridized carbons (Fsp3) is 0.190. The summed E-state index contributed by atoms with van der Waals surface area (Å²) in [5.41, 5.74) is 1.30. The Labute approximate surface area is 175 Å². The third kappa shape index (κ3) is 3.43. The molecule has 0 aliphatic heterocycles. The molecule has 0 saturated heterocycles. The van der Waals surface area contributed by atoms with Gasteiger partial charge in [0.15, 0.2) is 17.3 Å². The molecule has 2 aromatic heterocycles. The van der Waals surface area contributed by atoms with E-state index in [9.17, 15) is 4.79 Å². The molecular formula is C21H19N3O5S. The zero-order valence-corrected chi connectivity index (χ0v) is 17.6. The first-order valence-corrected chi connectivity index (χ1v) is 9.75. The van der Waals surface area contributed by atoms with E-state index in [2.05, 4.69) is 10.1 Å². The quantitative estimate of drug-likeness (QED) is 0.469. The van der Waals surface area contributed by atoms with Crippen molar-refractivity contribution in [3.63, 3.8) is 0 Å². The average molecular weight is 425 g/mol. The maximum absolute atomic E-state index is 12.8. The number of hydrogen-bond acceptors (Lipinski definition) is 8. The lowest BCUT2D eigenvalue weighted by Gasteiger charge is -2.12. The Morgan fingerprint density at radius 2 is 1.60 bits per heavy atom. The second kappa shape index (κ2) is 8.03. The van der Waals surface area contributed by atoms with Gasteiger partial charge in [-0.1, -0.05) is 11.3 Å². The number of rotatable bonds is 6. The third-order valence-corrected chi connectivity index (χ3v) is 5.47. The van der Waals surface area contributed by atoms with Gasteiger partial charge < -0.3 is 18.9 Å². The molecule has 0 bridgehead atoms. The third-order valence-electron chi connectivity index (χ3n) is 4.51. The molecule has 154 valence electrons. The molecule has 0 aliphatic rings. The van der Waals surface area contributed by atoms with Gasteiger partial charge in [0, 0.05) is 5.56 Å². The molecule has 8 nitrogen and oxygen atoms in total. The topological polar surface area (TPSA) is 84.2 Å². The molecule has 4 rings (SSSR count). The van der Waals surface area contributed by atoms with E-state index in [1.54, 1.807) is 46.6 Å². The van der Waals surface area contributed by atoms with Gasteiger partial charge >= 0.3 is 0 Å². The van der Waals surface area contributed by atoms with Gasteiger partial charge in [0.25, 0.3) is 5.56 Å². The molecule has 0 radical (unpaired) electrons. The van der Waals surface area contributed by atoms with Crippen LogP contribution in [0.15, 0.2) is 41.2 Å². The number of methoxy groups -OCH3 is 4. The van der Waals surface area contributed by atoms with Crippen LogP contribution in [0.1, 0.15) is 5.56 Å². The van der Waals surface area contributed by atoms with Crippen LogP contribution in [0.4, 0.5) is 0 Å². The summed E-state index contributed by atoms with van der Waals surface area (Å²) in [6.45, 7) is 0. The zero-order chi connectivity index (χ0) is 21.3. The van der Waals surface area contributed by atoms with Crippen molar-refractivity contribution in [3.8, 4) is 34.4 Å². The molecule has 0 N–H and O–H groups in total. The van der Waals surface area contributed by atoms with Crippen LogP contribution in [0.25, 0.3) is 22.4 Å². The zero-order valence-electron chi connectivity index (χ0n) is 16.8. The van der Waals surface area contributed by atoms with Crippen LogP contribution in [0.3, 0.4) is 0 Å². The predicted octanol–water partition coefficient (Wildman–Crippen LogP) is 2.40. The van der Waals surface area contributed by atoms with Crippen molar-refractivity contribution < 1.29 is 18.9 Å². The maximum Gasteiger partial charge on any atom is 0.291 e. The van der Waals surface area contributed by atoms with Crippen LogP contribution >= 0.6 is 11.3 Å². The van der Waals surface area contributed by atoms with E-state index in [1.807, 2.05) is 24.3 Å². The lowest BCUT2D eigenvalue weighted by Crippen LogP contribution is -2.23. The summed E-state index contributed by atoms with van der Waals surface area (Å²) in [6, 6.07) is 10.9. The lowest BCUT2D eigenvalue weighted by atomic mass is 10.1. The minimum Gasteiger partial charge on any atom is -0.497 e. The van der Waals surface area contributed by atoms with Crippen molar-refractivity contribution in [1.82, 2.24) is 14.6 Å². The molecule has 9 heteroatoms. The SMILES string of the molecule is COc1ccc(-c2nc3s/c(=C/c4cc(OC)c(OC)c(OC)c4)c(=O)n3n2)cc1. The minimum absolute atomic E-state index is 0.240. The Kier molecular flexibility index (Phi) is 5.28. The first kappa shape index (κ1) is 19.7. The number of fused-ring (bicyclic) bond motifs is 1.